The van der Waals surface area contributed by atoms with E-state index in [9.17, 15) is 0 Å². The Morgan fingerprint density at radius 2 is 1.91 bits per heavy atom. The lowest BCUT2D eigenvalue weighted by Gasteiger charge is -2.19. The third-order valence-corrected chi connectivity index (χ3v) is 4.82. The van der Waals surface area contributed by atoms with Crippen LogP contribution >= 0.6 is 11.8 Å². The third-order valence-electron chi connectivity index (χ3n) is 3.76. The topological polar surface area (TPSA) is 42.7 Å². The molecule has 0 aliphatic carbocycles. The molecule has 0 radical (unpaired) electrons. The number of hydrogen-bond donors (Lipinski definition) is 1. The first-order valence-corrected chi connectivity index (χ1v) is 8.26. The summed E-state index contributed by atoms with van der Waals surface area (Å²) in [4.78, 5) is 1.28. The van der Waals surface area contributed by atoms with Gasteiger partial charge < -0.3 is 5.32 Å². The van der Waals surface area contributed by atoms with Gasteiger partial charge in [0, 0.05) is 10.6 Å². The molecule has 0 fully saturated rings. The number of aryl methyl sites for hydroxylation is 1. The monoisotopic (exact) mass is 308 g/mol. The van der Waals surface area contributed by atoms with Crippen LogP contribution in [0, 0.1) is 6.92 Å². The quantitative estimate of drug-likeness (QED) is 0.799. The molecule has 0 unspecified atom stereocenters. The zero-order valence-electron chi connectivity index (χ0n) is 12.3. The van der Waals surface area contributed by atoms with Gasteiger partial charge in [0.05, 0.1) is 18.0 Å². The van der Waals surface area contributed by atoms with Crippen molar-refractivity contribution in [3.63, 3.8) is 0 Å². The maximum absolute atomic E-state index is 4.37. The van der Waals surface area contributed by atoms with Crippen LogP contribution in [0.3, 0.4) is 0 Å². The summed E-state index contributed by atoms with van der Waals surface area (Å²) in [5.74, 6) is 2.84. The smallest absolute Gasteiger partial charge is 0.157 e. The molecule has 1 aromatic heterocycles. The largest absolute Gasteiger partial charge is 0.378 e. The fourth-order valence-electron chi connectivity index (χ4n) is 2.60. The first-order valence-electron chi connectivity index (χ1n) is 7.27. The fraction of sp³-hybridized carbons (Fsp3) is 0.176. The minimum Gasteiger partial charge on any atom is -0.378 e. The highest BCUT2D eigenvalue weighted by molar-refractivity contribution is 7.98. The normalized spacial score (nSPS) is 12.6. The number of aromatic nitrogens is 3. The number of fused-ring (bicyclic) bond motifs is 3. The van der Waals surface area contributed by atoms with Crippen molar-refractivity contribution in [2.24, 2.45) is 0 Å². The van der Waals surface area contributed by atoms with Crippen LogP contribution in [0.5, 0.6) is 0 Å². The molecule has 4 nitrogen and oxygen atoms in total. The molecule has 0 spiro atoms. The molecule has 1 aliphatic rings. The molecule has 4 rings (SSSR count). The molecule has 110 valence electrons. The van der Waals surface area contributed by atoms with Gasteiger partial charge in [-0.2, -0.15) is 0 Å². The molecular formula is C17H16N4S. The zero-order valence-corrected chi connectivity index (χ0v) is 13.1. The molecule has 5 heteroatoms. The predicted octanol–water partition coefficient (Wildman–Crippen LogP) is 3.79. The van der Waals surface area contributed by atoms with Gasteiger partial charge in [0.25, 0.3) is 0 Å². The average molecular weight is 308 g/mol. The summed E-state index contributed by atoms with van der Waals surface area (Å²) in [6, 6.07) is 16.8. The number of nitrogens with one attached hydrogen (secondary N) is 1. The van der Waals surface area contributed by atoms with Gasteiger partial charge >= 0.3 is 0 Å². The second-order valence-electron chi connectivity index (χ2n) is 5.34. The Hall–Kier alpha value is -2.27. The van der Waals surface area contributed by atoms with Crippen molar-refractivity contribution < 1.29 is 0 Å². The van der Waals surface area contributed by atoms with E-state index in [0.717, 1.165) is 23.1 Å². The SMILES string of the molecule is Cc1ccc(NCc2nnc3n2-c2ccccc2SC3)cc1. The average Bonchev–Trinajstić information content (AvgIpc) is 2.98. The molecule has 0 amide bonds. The van der Waals surface area contributed by atoms with Gasteiger partial charge in [0.1, 0.15) is 5.82 Å². The van der Waals surface area contributed by atoms with Crippen molar-refractivity contribution in [1.82, 2.24) is 14.8 Å². The number of thioether (sulfide) groups is 1. The third kappa shape index (κ3) is 2.37. The standard InChI is InChI=1S/C17H16N4S/c1-12-6-8-13(9-7-12)18-10-16-19-20-17-11-22-15-5-3-2-4-14(15)21(16)17/h2-9,18H,10-11H2,1H3. The molecule has 1 aliphatic heterocycles. The fourth-order valence-corrected chi connectivity index (χ4v) is 3.55. The van der Waals surface area contributed by atoms with Gasteiger partial charge in [0.15, 0.2) is 5.82 Å². The predicted molar refractivity (Wildman–Crippen MR) is 89.4 cm³/mol. The van der Waals surface area contributed by atoms with Crippen molar-refractivity contribution in [2.75, 3.05) is 5.32 Å². The van der Waals surface area contributed by atoms with E-state index in [0.29, 0.717) is 6.54 Å². The van der Waals surface area contributed by atoms with Crippen molar-refractivity contribution in [3.8, 4) is 5.69 Å². The Morgan fingerprint density at radius 3 is 2.77 bits per heavy atom. The lowest BCUT2D eigenvalue weighted by atomic mass is 10.2. The van der Waals surface area contributed by atoms with E-state index in [1.54, 1.807) is 0 Å². The molecule has 1 N–H and O–H groups in total. The maximum Gasteiger partial charge on any atom is 0.157 e. The molecule has 2 aromatic carbocycles. The Kier molecular flexibility index (Phi) is 3.35. The van der Waals surface area contributed by atoms with E-state index in [2.05, 4.69) is 75.5 Å². The van der Waals surface area contributed by atoms with Gasteiger partial charge in [0.2, 0.25) is 0 Å². The van der Waals surface area contributed by atoms with Crippen LogP contribution in [0.4, 0.5) is 5.69 Å². The second kappa shape index (κ2) is 5.50. The number of anilines is 1. The molecule has 0 bridgehead atoms. The summed E-state index contributed by atoms with van der Waals surface area (Å²) in [5, 5.41) is 12.1. The number of rotatable bonds is 3. The van der Waals surface area contributed by atoms with Crippen LogP contribution in [0.15, 0.2) is 53.4 Å². The van der Waals surface area contributed by atoms with Crippen molar-refractivity contribution >= 4 is 17.4 Å². The summed E-state index contributed by atoms with van der Waals surface area (Å²) in [6.07, 6.45) is 0. The molecular weight excluding hydrogens is 292 g/mol. The molecule has 22 heavy (non-hydrogen) atoms. The molecule has 0 saturated carbocycles. The first-order chi connectivity index (χ1) is 10.8. The van der Waals surface area contributed by atoms with E-state index in [4.69, 9.17) is 0 Å². The number of hydrogen-bond acceptors (Lipinski definition) is 4. The van der Waals surface area contributed by atoms with Crippen LogP contribution < -0.4 is 5.32 Å². The molecule has 0 saturated heterocycles. The minimum absolute atomic E-state index is 0.662. The van der Waals surface area contributed by atoms with Crippen LogP contribution in [0.2, 0.25) is 0 Å². The summed E-state index contributed by atoms with van der Waals surface area (Å²) >= 11 is 1.82. The van der Waals surface area contributed by atoms with Gasteiger partial charge in [-0.05, 0) is 31.2 Å². The van der Waals surface area contributed by atoms with Crippen molar-refractivity contribution in [2.45, 2.75) is 24.1 Å². The van der Waals surface area contributed by atoms with E-state index in [-0.39, 0.29) is 0 Å². The van der Waals surface area contributed by atoms with Crippen molar-refractivity contribution in [3.05, 3.63) is 65.7 Å². The van der Waals surface area contributed by atoms with Crippen molar-refractivity contribution in [1.29, 1.82) is 0 Å². The molecule has 2 heterocycles. The Bertz CT molecular complexity index is 808. The van der Waals surface area contributed by atoms with Crippen LogP contribution in [-0.2, 0) is 12.3 Å². The van der Waals surface area contributed by atoms with E-state index in [1.165, 1.54) is 16.1 Å². The zero-order chi connectivity index (χ0) is 14.9. The highest BCUT2D eigenvalue weighted by Crippen LogP contribution is 2.34. The molecule has 0 atom stereocenters. The van der Waals surface area contributed by atoms with E-state index in [1.807, 2.05) is 11.8 Å². The maximum atomic E-state index is 4.37. The Labute approximate surface area is 133 Å². The van der Waals surface area contributed by atoms with Gasteiger partial charge in [-0.1, -0.05) is 29.8 Å². The van der Waals surface area contributed by atoms with E-state index < -0.39 is 0 Å². The number of nitrogens with zero attached hydrogens (tertiary/aromatic N) is 3. The summed E-state index contributed by atoms with van der Waals surface area (Å²) in [7, 11) is 0. The van der Waals surface area contributed by atoms with Crippen LogP contribution in [0.1, 0.15) is 17.2 Å². The Morgan fingerprint density at radius 1 is 1.09 bits per heavy atom. The van der Waals surface area contributed by atoms with Gasteiger partial charge in [-0.15, -0.1) is 22.0 Å². The number of para-hydroxylation sites is 1. The van der Waals surface area contributed by atoms with Gasteiger partial charge in [-0.25, -0.2) is 0 Å². The first kappa shape index (κ1) is 13.4. The lowest BCUT2D eigenvalue weighted by molar-refractivity contribution is 0.853. The molecule has 3 aromatic rings. The highest BCUT2D eigenvalue weighted by atomic mass is 32.2. The second-order valence-corrected chi connectivity index (χ2v) is 6.36. The van der Waals surface area contributed by atoms with E-state index >= 15 is 0 Å². The summed E-state index contributed by atoms with van der Waals surface area (Å²) in [6.45, 7) is 2.75. The summed E-state index contributed by atoms with van der Waals surface area (Å²) in [5.41, 5.74) is 3.54. The number of benzene rings is 2. The van der Waals surface area contributed by atoms with Crippen LogP contribution in [-0.4, -0.2) is 14.8 Å². The minimum atomic E-state index is 0.662. The van der Waals surface area contributed by atoms with Gasteiger partial charge in [-0.3, -0.25) is 4.57 Å². The Balaban J connectivity index is 1.62. The lowest BCUT2D eigenvalue weighted by Crippen LogP contribution is -2.12. The summed E-state index contributed by atoms with van der Waals surface area (Å²) < 4.78 is 2.17. The highest BCUT2D eigenvalue weighted by Gasteiger charge is 2.20. The van der Waals surface area contributed by atoms with Crippen LogP contribution in [0.25, 0.3) is 5.69 Å².